The predicted octanol–water partition coefficient (Wildman–Crippen LogP) is 2.71. The quantitative estimate of drug-likeness (QED) is 0.802. The van der Waals surface area contributed by atoms with Gasteiger partial charge in [0.05, 0.1) is 22.6 Å². The number of benzene rings is 1. The molecule has 0 saturated carbocycles. The van der Waals surface area contributed by atoms with E-state index in [1.807, 2.05) is 20.8 Å². The Labute approximate surface area is 150 Å². The summed E-state index contributed by atoms with van der Waals surface area (Å²) in [4.78, 5) is 28.0. The van der Waals surface area contributed by atoms with Gasteiger partial charge in [-0.25, -0.2) is 4.98 Å². The Bertz CT molecular complexity index is 887. The van der Waals surface area contributed by atoms with Gasteiger partial charge in [-0.3, -0.25) is 9.59 Å². The molecule has 2 amide bonds. The van der Waals surface area contributed by atoms with Crippen LogP contribution in [0.25, 0.3) is 0 Å². The number of hydrogen-bond acceptors (Lipinski definition) is 5. The van der Waals surface area contributed by atoms with Crippen LogP contribution in [0.2, 0.25) is 0 Å². The van der Waals surface area contributed by atoms with Crippen molar-refractivity contribution in [2.45, 2.75) is 25.8 Å². The molecule has 2 aromatic rings. The average Bonchev–Trinajstić information content (AvgIpc) is 2.58. The summed E-state index contributed by atoms with van der Waals surface area (Å²) in [5.41, 5.74) is 9.08. The summed E-state index contributed by atoms with van der Waals surface area (Å²) in [5.74, 6) is -0.849. The predicted molar refractivity (Wildman–Crippen MR) is 97.5 cm³/mol. The summed E-state index contributed by atoms with van der Waals surface area (Å²) in [6, 6.07) is 8.69. The van der Waals surface area contributed by atoms with Crippen LogP contribution in [0.1, 0.15) is 32.7 Å². The summed E-state index contributed by atoms with van der Waals surface area (Å²) in [7, 11) is 0. The van der Waals surface area contributed by atoms with E-state index in [1.54, 1.807) is 24.3 Å². The van der Waals surface area contributed by atoms with Crippen LogP contribution in [0.4, 0.5) is 5.69 Å². The molecule has 2 rings (SSSR count). The lowest BCUT2D eigenvalue weighted by molar-refractivity contribution is -0.113. The normalized spacial score (nSPS) is 10.2. The first-order valence-corrected chi connectivity index (χ1v) is 8.53. The molecule has 25 heavy (non-hydrogen) atoms. The Morgan fingerprint density at radius 1 is 1.24 bits per heavy atom. The van der Waals surface area contributed by atoms with Crippen molar-refractivity contribution in [2.24, 2.45) is 5.73 Å². The van der Waals surface area contributed by atoms with E-state index in [0.717, 1.165) is 16.8 Å². The van der Waals surface area contributed by atoms with Crippen LogP contribution in [0.3, 0.4) is 0 Å². The molecule has 0 atom stereocenters. The van der Waals surface area contributed by atoms with Crippen LogP contribution in [0.5, 0.6) is 0 Å². The Hall–Kier alpha value is -2.85. The highest BCUT2D eigenvalue weighted by molar-refractivity contribution is 8.00. The van der Waals surface area contributed by atoms with Gasteiger partial charge in [-0.2, -0.15) is 5.26 Å². The van der Waals surface area contributed by atoms with Crippen LogP contribution < -0.4 is 11.1 Å². The van der Waals surface area contributed by atoms with Crippen molar-refractivity contribution in [3.05, 3.63) is 52.2 Å². The highest BCUT2D eigenvalue weighted by Gasteiger charge is 2.15. The van der Waals surface area contributed by atoms with E-state index < -0.39 is 5.91 Å². The zero-order chi connectivity index (χ0) is 18.6. The average molecular weight is 354 g/mol. The molecule has 0 bridgehead atoms. The van der Waals surface area contributed by atoms with Crippen LogP contribution in [-0.2, 0) is 4.79 Å². The number of nitrogens with one attached hydrogen (secondary N) is 1. The number of carbonyl (C=O) groups excluding carboxylic acids is 2. The van der Waals surface area contributed by atoms with E-state index in [4.69, 9.17) is 5.73 Å². The number of rotatable bonds is 5. The Kier molecular flexibility index (Phi) is 5.78. The fraction of sp³-hybridized carbons (Fsp3) is 0.222. The van der Waals surface area contributed by atoms with E-state index in [1.165, 1.54) is 11.8 Å². The topological polar surface area (TPSA) is 109 Å². The van der Waals surface area contributed by atoms with Gasteiger partial charge in [0.2, 0.25) is 5.91 Å². The summed E-state index contributed by atoms with van der Waals surface area (Å²) in [6.07, 6.45) is 0. The lowest BCUT2D eigenvalue weighted by atomic mass is 10.1. The van der Waals surface area contributed by atoms with Crippen molar-refractivity contribution in [3.63, 3.8) is 0 Å². The minimum absolute atomic E-state index is 0.0662. The van der Waals surface area contributed by atoms with Gasteiger partial charge in [0, 0.05) is 5.69 Å². The second-order valence-corrected chi connectivity index (χ2v) is 6.45. The zero-order valence-corrected chi connectivity index (χ0v) is 15.0. The number of primary amides is 1. The fourth-order valence-electron chi connectivity index (χ4n) is 2.27. The molecule has 0 radical (unpaired) electrons. The van der Waals surface area contributed by atoms with Gasteiger partial charge in [0.25, 0.3) is 5.91 Å². The number of thioether (sulfide) groups is 1. The van der Waals surface area contributed by atoms with Crippen molar-refractivity contribution < 1.29 is 9.59 Å². The van der Waals surface area contributed by atoms with Gasteiger partial charge >= 0.3 is 0 Å². The molecule has 0 saturated heterocycles. The number of anilines is 1. The molecule has 0 fully saturated rings. The van der Waals surface area contributed by atoms with E-state index in [9.17, 15) is 14.9 Å². The van der Waals surface area contributed by atoms with E-state index in [-0.39, 0.29) is 17.2 Å². The molecule has 0 aliphatic carbocycles. The number of aromatic nitrogens is 1. The number of carbonyl (C=O) groups is 2. The summed E-state index contributed by atoms with van der Waals surface area (Å²) in [6.45, 7) is 5.66. The maximum absolute atomic E-state index is 12.2. The molecule has 1 aromatic heterocycles. The number of nitrogens with two attached hydrogens (primary N) is 1. The van der Waals surface area contributed by atoms with E-state index in [2.05, 4.69) is 16.4 Å². The van der Waals surface area contributed by atoms with Crippen molar-refractivity contribution in [2.75, 3.05) is 11.1 Å². The Morgan fingerprint density at radius 3 is 2.56 bits per heavy atom. The number of pyridine rings is 1. The van der Waals surface area contributed by atoms with Gasteiger partial charge < -0.3 is 11.1 Å². The molecule has 0 aliphatic heterocycles. The molecule has 0 unspecified atom stereocenters. The van der Waals surface area contributed by atoms with Gasteiger partial charge in [-0.1, -0.05) is 23.9 Å². The number of nitrogens with zero attached hydrogens (tertiary/aromatic N) is 2. The van der Waals surface area contributed by atoms with Crippen LogP contribution in [0, 0.1) is 32.1 Å². The molecule has 7 heteroatoms. The molecule has 1 heterocycles. The standard InChI is InChI=1S/C18H18N4O2S/c1-10-11(2)14(8-19)18(21-12(10)3)25-9-16(23)22-15-7-5-4-6-13(15)17(20)24/h4-7H,9H2,1-3H3,(H2,20,24)(H,22,23). The minimum atomic E-state index is -0.609. The van der Waals surface area contributed by atoms with E-state index >= 15 is 0 Å². The number of para-hydroxylation sites is 1. The smallest absolute Gasteiger partial charge is 0.250 e. The van der Waals surface area contributed by atoms with Gasteiger partial charge in [-0.05, 0) is 44.0 Å². The Balaban J connectivity index is 2.14. The summed E-state index contributed by atoms with van der Waals surface area (Å²) in [5, 5.41) is 12.6. The third-order valence-corrected chi connectivity index (χ3v) is 4.86. The molecular formula is C18H18N4O2S. The maximum Gasteiger partial charge on any atom is 0.250 e. The Morgan fingerprint density at radius 2 is 1.92 bits per heavy atom. The van der Waals surface area contributed by atoms with E-state index in [0.29, 0.717) is 16.3 Å². The van der Waals surface area contributed by atoms with Crippen LogP contribution in [-0.4, -0.2) is 22.6 Å². The highest BCUT2D eigenvalue weighted by atomic mass is 32.2. The van der Waals surface area contributed by atoms with Gasteiger partial charge in [0.1, 0.15) is 11.1 Å². The molecular weight excluding hydrogens is 336 g/mol. The first kappa shape index (κ1) is 18.5. The molecule has 128 valence electrons. The van der Waals surface area contributed by atoms with Gasteiger partial charge in [-0.15, -0.1) is 0 Å². The largest absolute Gasteiger partial charge is 0.366 e. The lowest BCUT2D eigenvalue weighted by Crippen LogP contribution is -2.19. The first-order chi connectivity index (χ1) is 11.8. The molecule has 6 nitrogen and oxygen atoms in total. The third kappa shape index (κ3) is 4.17. The molecule has 0 spiro atoms. The number of aryl methyl sites for hydroxylation is 1. The number of hydrogen-bond donors (Lipinski definition) is 2. The van der Waals surface area contributed by atoms with Crippen molar-refractivity contribution in [1.82, 2.24) is 4.98 Å². The maximum atomic E-state index is 12.2. The highest BCUT2D eigenvalue weighted by Crippen LogP contribution is 2.26. The second kappa shape index (κ2) is 7.81. The minimum Gasteiger partial charge on any atom is -0.366 e. The van der Waals surface area contributed by atoms with Crippen molar-refractivity contribution >= 4 is 29.3 Å². The lowest BCUT2D eigenvalue weighted by Gasteiger charge is -2.12. The molecule has 3 N–H and O–H groups in total. The monoisotopic (exact) mass is 354 g/mol. The van der Waals surface area contributed by atoms with Crippen LogP contribution in [0.15, 0.2) is 29.3 Å². The van der Waals surface area contributed by atoms with Crippen molar-refractivity contribution in [1.29, 1.82) is 5.26 Å². The molecule has 0 aliphatic rings. The first-order valence-electron chi connectivity index (χ1n) is 7.54. The third-order valence-electron chi connectivity index (χ3n) is 3.88. The van der Waals surface area contributed by atoms with Gasteiger partial charge in [0.15, 0.2) is 0 Å². The summed E-state index contributed by atoms with van der Waals surface area (Å²) < 4.78 is 0. The SMILES string of the molecule is Cc1nc(SCC(=O)Nc2ccccc2C(N)=O)c(C#N)c(C)c1C. The fourth-order valence-corrected chi connectivity index (χ4v) is 3.16. The number of nitriles is 1. The molecule has 1 aromatic carbocycles. The second-order valence-electron chi connectivity index (χ2n) is 5.49. The number of amides is 2. The van der Waals surface area contributed by atoms with Crippen molar-refractivity contribution in [3.8, 4) is 6.07 Å². The summed E-state index contributed by atoms with van der Waals surface area (Å²) >= 11 is 1.19. The zero-order valence-electron chi connectivity index (χ0n) is 14.2. The van der Waals surface area contributed by atoms with Crippen LogP contribution >= 0.6 is 11.8 Å².